The summed E-state index contributed by atoms with van der Waals surface area (Å²) in [5, 5.41) is 17.9. The zero-order valence-electron chi connectivity index (χ0n) is 16.4. The molecule has 2 saturated heterocycles. The summed E-state index contributed by atoms with van der Waals surface area (Å²) in [6.45, 7) is 7.21. The summed E-state index contributed by atoms with van der Waals surface area (Å²) < 4.78 is 0. The van der Waals surface area contributed by atoms with E-state index in [4.69, 9.17) is 0 Å². The van der Waals surface area contributed by atoms with Gasteiger partial charge in [0.25, 0.3) is 0 Å². The molecule has 3 amide bonds. The van der Waals surface area contributed by atoms with Crippen molar-refractivity contribution in [3.05, 3.63) is 0 Å². The minimum atomic E-state index is -0.731. The van der Waals surface area contributed by atoms with Crippen LogP contribution in [-0.2, 0) is 14.4 Å². The van der Waals surface area contributed by atoms with E-state index in [1.807, 2.05) is 0 Å². The monoisotopic (exact) mass is 375 g/mol. The highest BCUT2D eigenvalue weighted by Gasteiger charge is 2.69. The second kappa shape index (κ2) is 7.12. The van der Waals surface area contributed by atoms with Gasteiger partial charge in [0.15, 0.2) is 0 Å². The van der Waals surface area contributed by atoms with Gasteiger partial charge >= 0.3 is 0 Å². The molecule has 3 aliphatic rings. The number of carbonyl (C=O) groups is 3. The molecule has 2 unspecified atom stereocenters. The minimum absolute atomic E-state index is 0.0230. The number of hydrogen-bond donors (Lipinski definition) is 3. The van der Waals surface area contributed by atoms with Crippen LogP contribution in [0, 0.1) is 34.5 Å². The molecule has 27 heavy (non-hydrogen) atoms. The van der Waals surface area contributed by atoms with Gasteiger partial charge in [0.1, 0.15) is 12.1 Å². The van der Waals surface area contributed by atoms with Gasteiger partial charge in [-0.2, -0.15) is 5.26 Å². The van der Waals surface area contributed by atoms with Crippen LogP contribution >= 0.6 is 0 Å². The molecule has 0 aromatic heterocycles. The molecule has 0 aromatic carbocycles. The Morgan fingerprint density at radius 1 is 1.44 bits per heavy atom. The first-order chi connectivity index (χ1) is 12.7. The highest BCUT2D eigenvalue weighted by molar-refractivity contribution is 5.91. The Bertz CT molecular complexity index is 685. The van der Waals surface area contributed by atoms with E-state index in [9.17, 15) is 19.6 Å². The smallest absolute Gasteiger partial charge is 0.244 e. The first-order valence-corrected chi connectivity index (χ1v) is 9.67. The summed E-state index contributed by atoms with van der Waals surface area (Å²) in [5.74, 6) is -0.264. The van der Waals surface area contributed by atoms with E-state index in [1.165, 1.54) is 0 Å². The third-order valence-corrected chi connectivity index (χ3v) is 6.72. The molecular weight excluding hydrogens is 346 g/mol. The number of carbonyl (C=O) groups excluding carboxylic acids is 3. The second-order valence-electron chi connectivity index (χ2n) is 8.60. The predicted molar refractivity (Wildman–Crippen MR) is 98.1 cm³/mol. The minimum Gasteiger partial charge on any atom is -0.356 e. The van der Waals surface area contributed by atoms with Gasteiger partial charge in [0, 0.05) is 19.0 Å². The van der Waals surface area contributed by atoms with Gasteiger partial charge in [0.05, 0.1) is 12.1 Å². The van der Waals surface area contributed by atoms with Crippen molar-refractivity contribution >= 4 is 17.7 Å². The number of hydrogen-bond acceptors (Lipinski definition) is 5. The Balaban J connectivity index is 1.70. The third-order valence-electron chi connectivity index (χ3n) is 6.72. The molecule has 0 aromatic rings. The number of nitrogens with zero attached hydrogens (tertiary/aromatic N) is 2. The summed E-state index contributed by atoms with van der Waals surface area (Å²) >= 11 is 0. The average Bonchev–Trinajstić information content (AvgIpc) is 3.02. The van der Waals surface area contributed by atoms with Crippen molar-refractivity contribution < 1.29 is 14.4 Å². The van der Waals surface area contributed by atoms with Crippen LogP contribution < -0.4 is 16.0 Å². The Morgan fingerprint density at radius 2 is 2.15 bits per heavy atom. The Labute approximate surface area is 160 Å². The lowest BCUT2D eigenvalue weighted by Gasteiger charge is -2.32. The molecule has 0 spiro atoms. The predicted octanol–water partition coefficient (Wildman–Crippen LogP) is -0.388. The summed E-state index contributed by atoms with van der Waals surface area (Å²) in [6.07, 6.45) is 0.984. The van der Waals surface area contributed by atoms with Crippen molar-refractivity contribution in [3.8, 4) is 6.07 Å². The normalized spacial score (nSPS) is 32.9. The highest BCUT2D eigenvalue weighted by atomic mass is 16.2. The van der Waals surface area contributed by atoms with E-state index in [2.05, 4.69) is 35.9 Å². The standard InChI is InChI=1S/C19H29N5O3/c1-10(21-4)18(27)24-9-13-14(19(13,2)3)15(24)17(26)23-12(8-20)7-11-5-6-22-16(11)25/h10-15,21H,5-7,9H2,1-4H3,(H,22,25)(H,23,26)/t10?,11-,12?,13-,14-,15-/m0/s1. The van der Waals surface area contributed by atoms with Gasteiger partial charge < -0.3 is 20.9 Å². The first kappa shape index (κ1) is 19.6. The number of likely N-dealkylation sites (N-methyl/N-ethyl adjacent to an activating group) is 1. The maximum atomic E-state index is 13.0. The molecule has 3 fully saturated rings. The lowest BCUT2D eigenvalue weighted by atomic mass is 9.97. The van der Waals surface area contributed by atoms with Gasteiger partial charge in [-0.25, -0.2) is 0 Å². The molecule has 1 saturated carbocycles. The van der Waals surface area contributed by atoms with E-state index < -0.39 is 12.1 Å². The van der Waals surface area contributed by atoms with E-state index in [0.717, 1.165) is 0 Å². The third kappa shape index (κ3) is 3.41. The first-order valence-electron chi connectivity index (χ1n) is 9.67. The number of amides is 3. The summed E-state index contributed by atoms with van der Waals surface area (Å²) in [7, 11) is 1.72. The van der Waals surface area contributed by atoms with Crippen LogP contribution in [0.3, 0.4) is 0 Å². The molecule has 0 bridgehead atoms. The van der Waals surface area contributed by atoms with Crippen molar-refractivity contribution in [2.75, 3.05) is 20.1 Å². The van der Waals surface area contributed by atoms with E-state index in [0.29, 0.717) is 31.8 Å². The zero-order valence-corrected chi connectivity index (χ0v) is 16.4. The van der Waals surface area contributed by atoms with Crippen molar-refractivity contribution in [2.45, 2.75) is 51.7 Å². The quantitative estimate of drug-likeness (QED) is 0.585. The van der Waals surface area contributed by atoms with Gasteiger partial charge in [-0.3, -0.25) is 14.4 Å². The van der Waals surface area contributed by atoms with Gasteiger partial charge in [0.2, 0.25) is 17.7 Å². The van der Waals surface area contributed by atoms with Crippen LogP contribution in [-0.4, -0.2) is 60.9 Å². The molecule has 8 nitrogen and oxygen atoms in total. The number of nitriles is 1. The van der Waals surface area contributed by atoms with Gasteiger partial charge in [-0.1, -0.05) is 13.8 Å². The van der Waals surface area contributed by atoms with Crippen molar-refractivity contribution in [2.24, 2.45) is 23.2 Å². The summed E-state index contributed by atoms with van der Waals surface area (Å²) in [6, 6.07) is 0.453. The molecule has 0 radical (unpaired) electrons. The van der Waals surface area contributed by atoms with Crippen LogP contribution in [0.25, 0.3) is 0 Å². The summed E-state index contributed by atoms with van der Waals surface area (Å²) in [4.78, 5) is 39.2. The Hall–Kier alpha value is -2.14. The van der Waals surface area contributed by atoms with E-state index >= 15 is 0 Å². The zero-order chi connectivity index (χ0) is 19.9. The van der Waals surface area contributed by atoms with Crippen LogP contribution in [0.2, 0.25) is 0 Å². The molecule has 148 valence electrons. The van der Waals surface area contributed by atoms with Crippen LogP contribution in [0.1, 0.15) is 33.6 Å². The summed E-state index contributed by atoms with van der Waals surface area (Å²) in [5.41, 5.74) is 0.0230. The molecule has 3 rings (SSSR count). The second-order valence-corrected chi connectivity index (χ2v) is 8.60. The fourth-order valence-corrected chi connectivity index (χ4v) is 4.74. The SMILES string of the molecule is CNC(C)C(=O)N1C[C@H]2[C@@H]([C@H]1C(=O)NC(C#N)C[C@@H]1CCNC1=O)C2(C)C. The lowest BCUT2D eigenvalue weighted by molar-refractivity contribution is -0.141. The molecule has 1 aliphatic carbocycles. The number of likely N-dealkylation sites (tertiary alicyclic amines) is 1. The van der Waals surface area contributed by atoms with Crippen LogP contribution in [0.5, 0.6) is 0 Å². The van der Waals surface area contributed by atoms with Crippen LogP contribution in [0.4, 0.5) is 0 Å². The molecular formula is C19H29N5O3. The molecule has 8 heteroatoms. The average molecular weight is 375 g/mol. The van der Waals surface area contributed by atoms with Crippen LogP contribution in [0.15, 0.2) is 0 Å². The lowest BCUT2D eigenvalue weighted by Crippen LogP contribution is -2.55. The Morgan fingerprint density at radius 3 is 2.70 bits per heavy atom. The fourth-order valence-electron chi connectivity index (χ4n) is 4.74. The van der Waals surface area contributed by atoms with E-state index in [1.54, 1.807) is 18.9 Å². The Kier molecular flexibility index (Phi) is 5.17. The van der Waals surface area contributed by atoms with Gasteiger partial charge in [-0.15, -0.1) is 0 Å². The number of nitrogens with one attached hydrogen (secondary N) is 3. The number of piperidine rings is 1. The van der Waals surface area contributed by atoms with Gasteiger partial charge in [-0.05, 0) is 44.1 Å². The molecule has 2 aliphatic heterocycles. The number of rotatable bonds is 6. The highest BCUT2D eigenvalue weighted by Crippen LogP contribution is 2.64. The largest absolute Gasteiger partial charge is 0.356 e. The maximum Gasteiger partial charge on any atom is 0.244 e. The molecule has 3 N–H and O–H groups in total. The maximum absolute atomic E-state index is 13.0. The fraction of sp³-hybridized carbons (Fsp3) is 0.789. The van der Waals surface area contributed by atoms with E-state index in [-0.39, 0.29) is 41.0 Å². The number of fused-ring (bicyclic) bond motifs is 1. The molecule has 2 heterocycles. The van der Waals surface area contributed by atoms with Crippen molar-refractivity contribution in [3.63, 3.8) is 0 Å². The molecule has 6 atom stereocenters. The van der Waals surface area contributed by atoms with Crippen molar-refractivity contribution in [1.29, 1.82) is 5.26 Å². The van der Waals surface area contributed by atoms with Crippen molar-refractivity contribution in [1.82, 2.24) is 20.9 Å². The topological polar surface area (TPSA) is 114 Å².